The highest BCUT2D eigenvalue weighted by molar-refractivity contribution is 7.86. The van der Waals surface area contributed by atoms with E-state index in [1.54, 1.807) is 30.5 Å². The SMILES string of the molecule is Cc1ccc(S(=O)(=O)OCCCCCCCCCCCCCCCCNC(=O)c2ccc(N3CCN(C(C)C)CC3)nc2)cc1. The lowest BCUT2D eigenvalue weighted by Gasteiger charge is -2.37. The zero-order chi connectivity index (χ0) is 32.3. The predicted octanol–water partition coefficient (Wildman–Crippen LogP) is 7.52. The Bertz CT molecular complexity index is 1190. The molecule has 0 spiro atoms. The van der Waals surface area contributed by atoms with Crippen LogP contribution < -0.4 is 10.2 Å². The Hall–Kier alpha value is -2.49. The van der Waals surface area contributed by atoms with E-state index in [-0.39, 0.29) is 17.4 Å². The van der Waals surface area contributed by atoms with Crippen LogP contribution in [0.3, 0.4) is 0 Å². The first-order chi connectivity index (χ1) is 21.8. The summed E-state index contributed by atoms with van der Waals surface area (Å²) in [6.45, 7) is 11.4. The van der Waals surface area contributed by atoms with Gasteiger partial charge in [-0.1, -0.05) is 94.7 Å². The maximum absolute atomic E-state index is 12.5. The first-order valence-corrected chi connectivity index (χ1v) is 18.9. The molecule has 0 atom stereocenters. The molecule has 2 heterocycles. The van der Waals surface area contributed by atoms with E-state index < -0.39 is 10.1 Å². The summed E-state index contributed by atoms with van der Waals surface area (Å²) >= 11 is 0. The molecule has 45 heavy (non-hydrogen) atoms. The van der Waals surface area contributed by atoms with Gasteiger partial charge in [-0.25, -0.2) is 4.98 Å². The summed E-state index contributed by atoms with van der Waals surface area (Å²) in [6, 6.07) is 11.2. The maximum Gasteiger partial charge on any atom is 0.296 e. The van der Waals surface area contributed by atoms with Gasteiger partial charge < -0.3 is 10.2 Å². The molecule has 1 amide bonds. The number of aromatic nitrogens is 1. The number of pyridine rings is 1. The molecule has 1 aromatic heterocycles. The smallest absolute Gasteiger partial charge is 0.296 e. The number of amides is 1. The second-order valence-corrected chi connectivity index (χ2v) is 14.4. The molecule has 1 saturated heterocycles. The molecule has 9 heteroatoms. The monoisotopic (exact) mass is 642 g/mol. The molecule has 2 aromatic rings. The minimum absolute atomic E-state index is 0.0305. The van der Waals surface area contributed by atoms with E-state index in [1.807, 2.05) is 19.1 Å². The summed E-state index contributed by atoms with van der Waals surface area (Å²) in [7, 11) is -3.64. The van der Waals surface area contributed by atoms with Gasteiger partial charge in [-0.05, 0) is 57.9 Å². The van der Waals surface area contributed by atoms with Crippen LogP contribution in [0.2, 0.25) is 0 Å². The Labute approximate surface area is 273 Å². The minimum atomic E-state index is -3.64. The molecular formula is C36H58N4O4S. The summed E-state index contributed by atoms with van der Waals surface area (Å²) in [5, 5.41) is 3.05. The maximum atomic E-state index is 12.5. The van der Waals surface area contributed by atoms with Crippen LogP contribution in [0.15, 0.2) is 47.5 Å². The molecule has 3 rings (SSSR count). The van der Waals surface area contributed by atoms with Gasteiger partial charge in [-0.2, -0.15) is 8.42 Å². The fraction of sp³-hybridized carbons (Fsp3) is 0.667. The lowest BCUT2D eigenvalue weighted by molar-refractivity contribution is 0.0952. The number of unbranched alkanes of at least 4 members (excludes halogenated alkanes) is 13. The molecule has 8 nitrogen and oxygen atoms in total. The van der Waals surface area contributed by atoms with Crippen molar-refractivity contribution in [1.82, 2.24) is 15.2 Å². The molecule has 1 aromatic carbocycles. The van der Waals surface area contributed by atoms with E-state index in [1.165, 1.54) is 57.8 Å². The van der Waals surface area contributed by atoms with E-state index >= 15 is 0 Å². The van der Waals surface area contributed by atoms with Gasteiger partial charge in [-0.15, -0.1) is 0 Å². The quantitative estimate of drug-likeness (QED) is 0.105. The van der Waals surface area contributed by atoms with Gasteiger partial charge in [-0.3, -0.25) is 13.9 Å². The first-order valence-electron chi connectivity index (χ1n) is 17.5. The number of carbonyl (C=O) groups excluding carboxylic acids is 1. The van der Waals surface area contributed by atoms with Crippen molar-refractivity contribution in [3.8, 4) is 0 Å². The molecule has 1 aliphatic heterocycles. The molecule has 1 fully saturated rings. The molecule has 252 valence electrons. The number of carbonyl (C=O) groups is 1. The van der Waals surface area contributed by atoms with Crippen molar-refractivity contribution in [1.29, 1.82) is 0 Å². The highest BCUT2D eigenvalue weighted by Crippen LogP contribution is 2.17. The van der Waals surface area contributed by atoms with Gasteiger partial charge in [0.2, 0.25) is 0 Å². The van der Waals surface area contributed by atoms with Crippen LogP contribution in [-0.4, -0.2) is 69.6 Å². The summed E-state index contributed by atoms with van der Waals surface area (Å²) < 4.78 is 29.6. The molecular weight excluding hydrogens is 584 g/mol. The van der Waals surface area contributed by atoms with Gasteiger partial charge in [0.1, 0.15) is 5.82 Å². The first kappa shape index (κ1) is 37.0. The Morgan fingerprint density at radius 3 is 1.82 bits per heavy atom. The zero-order valence-electron chi connectivity index (χ0n) is 28.1. The van der Waals surface area contributed by atoms with Crippen LogP contribution in [-0.2, 0) is 14.3 Å². The second kappa shape index (κ2) is 20.6. The standard InChI is InChI=1S/C36H58N4O4S/c1-31(2)39-25-27-40(28-26-39)35-23-20-33(30-38-35)36(41)37-24-16-14-12-10-8-6-4-5-7-9-11-13-15-17-29-44-45(42,43)34-21-18-32(3)19-22-34/h18-23,30-31H,4-17,24-29H2,1-3H3,(H,37,41). The van der Waals surface area contributed by atoms with Crippen molar-refractivity contribution < 1.29 is 17.4 Å². The number of rotatable bonds is 22. The fourth-order valence-corrected chi connectivity index (χ4v) is 6.71. The summed E-state index contributed by atoms with van der Waals surface area (Å²) in [5.41, 5.74) is 1.67. The normalized spacial score (nSPS) is 14.3. The molecule has 1 aliphatic rings. The Balaban J connectivity index is 1.07. The Kier molecular flexibility index (Phi) is 16.9. The average molecular weight is 643 g/mol. The van der Waals surface area contributed by atoms with Crippen LogP contribution in [0.4, 0.5) is 5.82 Å². The van der Waals surface area contributed by atoms with Crippen molar-refractivity contribution in [3.05, 3.63) is 53.7 Å². The fourth-order valence-electron chi connectivity index (χ4n) is 5.77. The number of benzene rings is 1. The lowest BCUT2D eigenvalue weighted by Crippen LogP contribution is -2.49. The average Bonchev–Trinajstić information content (AvgIpc) is 3.04. The van der Waals surface area contributed by atoms with Gasteiger partial charge in [0.05, 0.1) is 17.1 Å². The van der Waals surface area contributed by atoms with Crippen molar-refractivity contribution in [3.63, 3.8) is 0 Å². The molecule has 0 bridgehead atoms. The van der Waals surface area contributed by atoms with E-state index in [4.69, 9.17) is 4.18 Å². The van der Waals surface area contributed by atoms with Crippen LogP contribution in [0.5, 0.6) is 0 Å². The third-order valence-corrected chi connectivity index (χ3v) is 10.1. The number of nitrogens with zero attached hydrogens (tertiary/aromatic N) is 3. The van der Waals surface area contributed by atoms with Crippen molar-refractivity contribution in [2.75, 3.05) is 44.2 Å². The van der Waals surface area contributed by atoms with Gasteiger partial charge in [0, 0.05) is 45.0 Å². The molecule has 0 aliphatic carbocycles. The Morgan fingerprint density at radius 2 is 1.31 bits per heavy atom. The number of aryl methyl sites for hydroxylation is 1. The molecule has 0 radical (unpaired) electrons. The van der Waals surface area contributed by atoms with E-state index in [2.05, 4.69) is 33.9 Å². The van der Waals surface area contributed by atoms with E-state index in [0.717, 1.165) is 76.2 Å². The summed E-state index contributed by atoms with van der Waals surface area (Å²) in [6.07, 6.45) is 18.3. The zero-order valence-corrected chi connectivity index (χ0v) is 29.0. The summed E-state index contributed by atoms with van der Waals surface area (Å²) in [4.78, 5) is 22.1. The lowest BCUT2D eigenvalue weighted by atomic mass is 10.0. The molecule has 0 saturated carbocycles. The van der Waals surface area contributed by atoms with Gasteiger partial charge >= 0.3 is 0 Å². The van der Waals surface area contributed by atoms with E-state index in [9.17, 15) is 13.2 Å². The number of anilines is 1. The van der Waals surface area contributed by atoms with Crippen molar-refractivity contribution in [2.45, 2.75) is 122 Å². The molecule has 1 N–H and O–H groups in total. The Morgan fingerprint density at radius 1 is 0.778 bits per heavy atom. The van der Waals surface area contributed by atoms with Crippen LogP contribution in [0, 0.1) is 6.92 Å². The van der Waals surface area contributed by atoms with Crippen LogP contribution in [0.1, 0.15) is 120 Å². The topological polar surface area (TPSA) is 91.8 Å². The van der Waals surface area contributed by atoms with Crippen LogP contribution in [0.25, 0.3) is 0 Å². The van der Waals surface area contributed by atoms with Crippen LogP contribution >= 0.6 is 0 Å². The minimum Gasteiger partial charge on any atom is -0.354 e. The largest absolute Gasteiger partial charge is 0.354 e. The number of piperazine rings is 1. The second-order valence-electron chi connectivity index (χ2n) is 12.8. The van der Waals surface area contributed by atoms with Gasteiger partial charge in [0.25, 0.3) is 16.0 Å². The van der Waals surface area contributed by atoms with Gasteiger partial charge in [0.15, 0.2) is 0 Å². The molecule has 0 unspecified atom stereocenters. The third kappa shape index (κ3) is 14.2. The summed E-state index contributed by atoms with van der Waals surface area (Å²) in [5.74, 6) is 0.928. The van der Waals surface area contributed by atoms with Crippen molar-refractivity contribution in [2.24, 2.45) is 0 Å². The third-order valence-electron chi connectivity index (χ3n) is 8.78. The predicted molar refractivity (Wildman–Crippen MR) is 184 cm³/mol. The number of hydrogen-bond donors (Lipinski definition) is 1. The highest BCUT2D eigenvalue weighted by atomic mass is 32.2. The number of hydrogen-bond acceptors (Lipinski definition) is 7. The van der Waals surface area contributed by atoms with E-state index in [0.29, 0.717) is 11.6 Å². The number of nitrogens with one attached hydrogen (secondary N) is 1. The van der Waals surface area contributed by atoms with Crippen molar-refractivity contribution >= 4 is 21.8 Å². The highest BCUT2D eigenvalue weighted by Gasteiger charge is 2.20.